The Balaban J connectivity index is 1.86. The molecule has 0 spiro atoms. The summed E-state index contributed by atoms with van der Waals surface area (Å²) in [5.74, 6) is 0.0484. The molecule has 2 aliphatic rings. The third-order valence-electron chi connectivity index (χ3n) is 6.32. The summed E-state index contributed by atoms with van der Waals surface area (Å²) in [4.78, 5) is 26.5. The Morgan fingerprint density at radius 2 is 1.76 bits per heavy atom. The van der Waals surface area contributed by atoms with Gasteiger partial charge in [0, 0.05) is 34.0 Å². The van der Waals surface area contributed by atoms with Crippen molar-refractivity contribution in [3.05, 3.63) is 81.2 Å². The molecule has 2 aromatic rings. The molecule has 1 aliphatic carbocycles. The number of esters is 1. The van der Waals surface area contributed by atoms with Crippen LogP contribution in [0.5, 0.6) is 11.5 Å². The maximum Gasteiger partial charge on any atom is 0.336 e. The van der Waals surface area contributed by atoms with Gasteiger partial charge in [0.1, 0.15) is 11.5 Å². The van der Waals surface area contributed by atoms with Gasteiger partial charge in [-0.25, -0.2) is 4.79 Å². The minimum absolute atomic E-state index is 0.0151. The zero-order chi connectivity index (χ0) is 23.7. The number of allylic oxidation sites excluding steroid dienone is 3. The molecule has 2 aromatic carbocycles. The Hall–Kier alpha value is -3.25. The van der Waals surface area contributed by atoms with Crippen LogP contribution in [0.25, 0.3) is 0 Å². The fourth-order valence-electron chi connectivity index (χ4n) is 4.77. The van der Waals surface area contributed by atoms with Gasteiger partial charge in [-0.1, -0.05) is 23.7 Å². The van der Waals surface area contributed by atoms with E-state index in [1.165, 1.54) is 7.11 Å². The van der Waals surface area contributed by atoms with Crippen LogP contribution >= 0.6 is 11.6 Å². The Kier molecular flexibility index (Phi) is 6.47. The molecule has 0 aromatic heterocycles. The Morgan fingerprint density at radius 3 is 2.39 bits per heavy atom. The van der Waals surface area contributed by atoms with E-state index in [2.05, 4.69) is 5.32 Å². The lowest BCUT2D eigenvalue weighted by Gasteiger charge is -2.37. The van der Waals surface area contributed by atoms with E-state index in [4.69, 9.17) is 25.8 Å². The quantitative estimate of drug-likeness (QED) is 0.631. The second-order valence-corrected chi connectivity index (χ2v) is 8.60. The van der Waals surface area contributed by atoms with Crippen LogP contribution in [-0.2, 0) is 14.3 Å². The number of ether oxygens (including phenoxy) is 3. The maximum absolute atomic E-state index is 13.6. The molecule has 1 aliphatic heterocycles. The molecule has 0 saturated carbocycles. The van der Waals surface area contributed by atoms with Crippen molar-refractivity contribution in [2.75, 3.05) is 21.3 Å². The highest BCUT2D eigenvalue weighted by Crippen LogP contribution is 2.48. The minimum Gasteiger partial charge on any atom is -0.497 e. The van der Waals surface area contributed by atoms with E-state index < -0.39 is 11.9 Å². The highest BCUT2D eigenvalue weighted by atomic mass is 35.5. The van der Waals surface area contributed by atoms with Gasteiger partial charge in [-0.3, -0.25) is 4.79 Å². The lowest BCUT2D eigenvalue weighted by atomic mass is 9.71. The van der Waals surface area contributed by atoms with E-state index in [0.29, 0.717) is 51.8 Å². The van der Waals surface area contributed by atoms with Gasteiger partial charge in [0.15, 0.2) is 5.78 Å². The van der Waals surface area contributed by atoms with Crippen LogP contribution in [0, 0.1) is 0 Å². The molecular weight excluding hydrogens is 442 g/mol. The third-order valence-corrected chi connectivity index (χ3v) is 6.57. The topological polar surface area (TPSA) is 73.9 Å². The molecule has 0 fully saturated rings. The summed E-state index contributed by atoms with van der Waals surface area (Å²) < 4.78 is 16.1. The Morgan fingerprint density at radius 1 is 1.03 bits per heavy atom. The summed E-state index contributed by atoms with van der Waals surface area (Å²) in [5.41, 5.74) is 4.16. The van der Waals surface area contributed by atoms with Crippen LogP contribution in [0.15, 0.2) is 65.0 Å². The predicted molar refractivity (Wildman–Crippen MR) is 126 cm³/mol. The lowest BCUT2D eigenvalue weighted by Crippen LogP contribution is -2.36. The first-order chi connectivity index (χ1) is 15.9. The predicted octanol–water partition coefficient (Wildman–Crippen LogP) is 4.89. The SMILES string of the molecule is COC(=O)C1=C(C)NC2=C(C(=O)C[C@@H](c3ccc(Cl)cc3)C2)[C@H]1c1cc(OC)ccc1OC. The number of rotatable bonds is 5. The summed E-state index contributed by atoms with van der Waals surface area (Å²) >= 11 is 6.05. The van der Waals surface area contributed by atoms with Crippen molar-refractivity contribution in [1.82, 2.24) is 5.32 Å². The molecule has 7 heteroatoms. The van der Waals surface area contributed by atoms with Crippen molar-refractivity contribution in [3.8, 4) is 11.5 Å². The number of hydrogen-bond donors (Lipinski definition) is 1. The van der Waals surface area contributed by atoms with Gasteiger partial charge in [0.05, 0.1) is 32.8 Å². The average Bonchev–Trinajstić information content (AvgIpc) is 2.82. The number of carbonyl (C=O) groups is 2. The molecule has 0 radical (unpaired) electrons. The summed E-state index contributed by atoms with van der Waals surface area (Å²) in [6, 6.07) is 13.0. The zero-order valence-electron chi connectivity index (χ0n) is 19.0. The minimum atomic E-state index is -0.627. The van der Waals surface area contributed by atoms with E-state index in [1.807, 2.05) is 37.3 Å². The van der Waals surface area contributed by atoms with E-state index >= 15 is 0 Å². The number of nitrogens with one attached hydrogen (secondary N) is 1. The largest absolute Gasteiger partial charge is 0.497 e. The molecule has 1 N–H and O–H groups in total. The summed E-state index contributed by atoms with van der Waals surface area (Å²) in [6.07, 6.45) is 0.968. The van der Waals surface area contributed by atoms with Crippen LogP contribution < -0.4 is 14.8 Å². The van der Waals surface area contributed by atoms with Crippen LogP contribution in [0.4, 0.5) is 0 Å². The van der Waals surface area contributed by atoms with Gasteiger partial charge in [0.2, 0.25) is 0 Å². The Labute approximate surface area is 198 Å². The van der Waals surface area contributed by atoms with Crippen LogP contribution in [0.3, 0.4) is 0 Å². The summed E-state index contributed by atoms with van der Waals surface area (Å²) in [6.45, 7) is 1.83. The van der Waals surface area contributed by atoms with Crippen molar-refractivity contribution < 1.29 is 23.8 Å². The number of Topliss-reactive ketones (excluding diaryl/α,β-unsaturated/α-hetero) is 1. The molecule has 33 heavy (non-hydrogen) atoms. The molecule has 0 saturated heterocycles. The van der Waals surface area contributed by atoms with Crippen LogP contribution in [0.2, 0.25) is 5.02 Å². The van der Waals surface area contributed by atoms with Crippen LogP contribution in [-0.4, -0.2) is 33.1 Å². The van der Waals surface area contributed by atoms with Crippen molar-refractivity contribution >= 4 is 23.4 Å². The molecule has 4 rings (SSSR count). The fraction of sp³-hybridized carbons (Fsp3) is 0.308. The molecule has 1 heterocycles. The smallest absolute Gasteiger partial charge is 0.336 e. The number of dihydropyridines is 1. The third kappa shape index (κ3) is 4.23. The molecular formula is C26H26ClNO5. The van der Waals surface area contributed by atoms with E-state index in [9.17, 15) is 9.59 Å². The standard InChI is InChI=1S/C26H26ClNO5/c1-14-23(26(30)33-4)24(19-13-18(31-2)9-10-22(19)32-3)25-20(28-14)11-16(12-21(25)29)15-5-7-17(27)8-6-15/h5-10,13,16,24,28H,11-12H2,1-4H3/t16-,24-/m0/s1. The number of methoxy groups -OCH3 is 3. The number of halogens is 1. The van der Waals surface area contributed by atoms with E-state index in [-0.39, 0.29) is 11.7 Å². The molecule has 0 bridgehead atoms. The number of ketones is 1. The second kappa shape index (κ2) is 9.32. The lowest BCUT2D eigenvalue weighted by molar-refractivity contribution is -0.136. The van der Waals surface area contributed by atoms with Gasteiger partial charge in [0.25, 0.3) is 0 Å². The normalized spacial score (nSPS) is 20.2. The molecule has 172 valence electrons. The van der Waals surface area contributed by atoms with Crippen molar-refractivity contribution in [1.29, 1.82) is 0 Å². The van der Waals surface area contributed by atoms with Crippen molar-refractivity contribution in [3.63, 3.8) is 0 Å². The van der Waals surface area contributed by atoms with E-state index in [0.717, 1.165) is 11.3 Å². The number of hydrogen-bond acceptors (Lipinski definition) is 6. The fourth-order valence-corrected chi connectivity index (χ4v) is 4.89. The molecule has 2 atom stereocenters. The molecule has 0 unspecified atom stereocenters. The summed E-state index contributed by atoms with van der Waals surface area (Å²) in [5, 5.41) is 3.99. The van der Waals surface area contributed by atoms with Gasteiger partial charge in [-0.15, -0.1) is 0 Å². The van der Waals surface area contributed by atoms with Gasteiger partial charge in [-0.05, 0) is 55.2 Å². The molecule has 0 amide bonds. The number of carbonyl (C=O) groups excluding carboxylic acids is 2. The van der Waals surface area contributed by atoms with Gasteiger partial charge < -0.3 is 19.5 Å². The van der Waals surface area contributed by atoms with Crippen molar-refractivity contribution in [2.45, 2.75) is 31.6 Å². The highest BCUT2D eigenvalue weighted by molar-refractivity contribution is 6.30. The first-order valence-electron chi connectivity index (χ1n) is 10.7. The van der Waals surface area contributed by atoms with E-state index in [1.54, 1.807) is 26.4 Å². The number of benzene rings is 2. The van der Waals surface area contributed by atoms with Crippen LogP contribution in [0.1, 0.15) is 42.7 Å². The van der Waals surface area contributed by atoms with Gasteiger partial charge in [-0.2, -0.15) is 0 Å². The molecule has 6 nitrogen and oxygen atoms in total. The van der Waals surface area contributed by atoms with Gasteiger partial charge >= 0.3 is 5.97 Å². The average molecular weight is 468 g/mol. The Bertz CT molecular complexity index is 1170. The summed E-state index contributed by atoms with van der Waals surface area (Å²) in [7, 11) is 4.48. The monoisotopic (exact) mass is 467 g/mol. The van der Waals surface area contributed by atoms with Crippen molar-refractivity contribution in [2.24, 2.45) is 0 Å². The second-order valence-electron chi connectivity index (χ2n) is 8.17. The first-order valence-corrected chi connectivity index (χ1v) is 11.1. The first kappa shape index (κ1) is 22.9. The highest BCUT2D eigenvalue weighted by Gasteiger charge is 2.42. The zero-order valence-corrected chi connectivity index (χ0v) is 19.8. The maximum atomic E-state index is 13.6.